The van der Waals surface area contributed by atoms with Gasteiger partial charge in [0.2, 0.25) is 5.91 Å². The molecule has 0 radical (unpaired) electrons. The van der Waals surface area contributed by atoms with Gasteiger partial charge in [-0.3, -0.25) is 4.79 Å². The first-order valence-corrected chi connectivity index (χ1v) is 6.90. The number of oxazole rings is 1. The summed E-state index contributed by atoms with van der Waals surface area (Å²) in [5, 5.41) is 2.86. The molecule has 2 aromatic rings. The summed E-state index contributed by atoms with van der Waals surface area (Å²) in [6, 6.07) is 5.48. The third kappa shape index (κ3) is 3.36. The average molecular weight is 275 g/mol. The number of nitrogens with zero attached hydrogens (tertiary/aromatic N) is 1. The maximum absolute atomic E-state index is 11.8. The van der Waals surface area contributed by atoms with Crippen molar-refractivity contribution < 1.29 is 9.21 Å². The molecular formula is C15H21N3O2. The number of aromatic nitrogens is 1. The standard InChI is InChI=1S/C15H21N3O2/c1-9(2)15-18-12-7-11(4-5-13(12)20-15)17-14(19)6-10(3)8-16/h4-5,7,9-10H,6,8,16H2,1-3H3,(H,17,19). The van der Waals surface area contributed by atoms with Gasteiger partial charge in [0, 0.05) is 18.0 Å². The van der Waals surface area contributed by atoms with Crippen LogP contribution in [0.3, 0.4) is 0 Å². The molecule has 1 amide bonds. The number of rotatable bonds is 5. The van der Waals surface area contributed by atoms with Crippen LogP contribution in [0.5, 0.6) is 0 Å². The van der Waals surface area contributed by atoms with Gasteiger partial charge >= 0.3 is 0 Å². The maximum Gasteiger partial charge on any atom is 0.224 e. The van der Waals surface area contributed by atoms with E-state index in [2.05, 4.69) is 10.3 Å². The Hall–Kier alpha value is -1.88. The van der Waals surface area contributed by atoms with Crippen LogP contribution in [0.4, 0.5) is 5.69 Å². The van der Waals surface area contributed by atoms with Gasteiger partial charge in [-0.1, -0.05) is 20.8 Å². The zero-order valence-electron chi connectivity index (χ0n) is 12.1. The Morgan fingerprint density at radius 2 is 2.15 bits per heavy atom. The van der Waals surface area contributed by atoms with Crippen LogP contribution in [0.1, 0.15) is 39.0 Å². The van der Waals surface area contributed by atoms with Gasteiger partial charge in [0.05, 0.1) is 0 Å². The molecule has 0 aliphatic rings. The van der Waals surface area contributed by atoms with Crippen LogP contribution in [0.15, 0.2) is 22.6 Å². The van der Waals surface area contributed by atoms with Crippen LogP contribution in [0.25, 0.3) is 11.1 Å². The van der Waals surface area contributed by atoms with Gasteiger partial charge in [0.15, 0.2) is 11.5 Å². The minimum absolute atomic E-state index is 0.0325. The summed E-state index contributed by atoms with van der Waals surface area (Å²) >= 11 is 0. The Bertz CT molecular complexity index is 604. The summed E-state index contributed by atoms with van der Waals surface area (Å²) in [6.45, 7) is 6.52. The fraction of sp³-hybridized carbons (Fsp3) is 0.467. The normalized spacial score (nSPS) is 12.8. The molecule has 0 saturated heterocycles. The average Bonchev–Trinajstić information content (AvgIpc) is 2.81. The number of hydrogen-bond acceptors (Lipinski definition) is 4. The molecule has 2 rings (SSSR count). The van der Waals surface area contributed by atoms with Crippen molar-refractivity contribution in [1.82, 2.24) is 4.98 Å². The molecule has 108 valence electrons. The Balaban J connectivity index is 2.13. The number of hydrogen-bond donors (Lipinski definition) is 2. The lowest BCUT2D eigenvalue weighted by molar-refractivity contribution is -0.116. The molecule has 1 heterocycles. The minimum Gasteiger partial charge on any atom is -0.440 e. The van der Waals surface area contributed by atoms with Crippen molar-refractivity contribution in [1.29, 1.82) is 0 Å². The van der Waals surface area contributed by atoms with E-state index in [1.807, 2.05) is 39.0 Å². The van der Waals surface area contributed by atoms with Crippen LogP contribution < -0.4 is 11.1 Å². The second-order valence-electron chi connectivity index (χ2n) is 5.48. The molecule has 20 heavy (non-hydrogen) atoms. The van der Waals surface area contributed by atoms with Crippen molar-refractivity contribution in [3.8, 4) is 0 Å². The molecule has 1 atom stereocenters. The SMILES string of the molecule is CC(CN)CC(=O)Nc1ccc2oc(C(C)C)nc2c1. The van der Waals surface area contributed by atoms with Gasteiger partial charge in [-0.2, -0.15) is 0 Å². The van der Waals surface area contributed by atoms with Crippen LogP contribution in [0, 0.1) is 5.92 Å². The van der Waals surface area contributed by atoms with E-state index in [1.165, 1.54) is 0 Å². The fourth-order valence-electron chi connectivity index (χ4n) is 1.88. The lowest BCUT2D eigenvalue weighted by Gasteiger charge is -2.08. The van der Waals surface area contributed by atoms with E-state index in [4.69, 9.17) is 10.2 Å². The van der Waals surface area contributed by atoms with Crippen molar-refractivity contribution in [2.45, 2.75) is 33.1 Å². The van der Waals surface area contributed by atoms with Crippen LogP contribution in [0.2, 0.25) is 0 Å². The quantitative estimate of drug-likeness (QED) is 0.879. The van der Waals surface area contributed by atoms with Crippen molar-refractivity contribution in [3.05, 3.63) is 24.1 Å². The highest BCUT2D eigenvalue weighted by atomic mass is 16.3. The van der Waals surface area contributed by atoms with E-state index >= 15 is 0 Å². The number of carbonyl (C=O) groups is 1. The topological polar surface area (TPSA) is 81.2 Å². The van der Waals surface area contributed by atoms with Gasteiger partial charge in [0.25, 0.3) is 0 Å². The minimum atomic E-state index is -0.0325. The third-order valence-electron chi connectivity index (χ3n) is 3.12. The maximum atomic E-state index is 11.8. The molecular weight excluding hydrogens is 254 g/mol. The molecule has 0 bridgehead atoms. The van der Waals surface area contributed by atoms with E-state index in [-0.39, 0.29) is 17.7 Å². The van der Waals surface area contributed by atoms with Gasteiger partial charge in [-0.05, 0) is 30.7 Å². The predicted molar refractivity (Wildman–Crippen MR) is 79.6 cm³/mol. The van der Waals surface area contributed by atoms with Crippen molar-refractivity contribution in [3.63, 3.8) is 0 Å². The number of fused-ring (bicyclic) bond motifs is 1. The van der Waals surface area contributed by atoms with Crippen molar-refractivity contribution in [2.24, 2.45) is 11.7 Å². The molecule has 1 aromatic carbocycles. The zero-order chi connectivity index (χ0) is 14.7. The highest BCUT2D eigenvalue weighted by molar-refractivity contribution is 5.92. The van der Waals surface area contributed by atoms with Crippen molar-refractivity contribution >= 4 is 22.7 Å². The van der Waals surface area contributed by atoms with E-state index in [9.17, 15) is 4.79 Å². The number of nitrogens with two attached hydrogens (primary N) is 1. The molecule has 0 aliphatic carbocycles. The van der Waals surface area contributed by atoms with Crippen molar-refractivity contribution in [2.75, 3.05) is 11.9 Å². The monoisotopic (exact) mass is 275 g/mol. The Labute approximate surface area is 118 Å². The number of anilines is 1. The molecule has 0 fully saturated rings. The Morgan fingerprint density at radius 3 is 2.80 bits per heavy atom. The highest BCUT2D eigenvalue weighted by Gasteiger charge is 2.11. The first-order valence-electron chi connectivity index (χ1n) is 6.90. The lowest BCUT2D eigenvalue weighted by atomic mass is 10.1. The van der Waals surface area contributed by atoms with Gasteiger partial charge in [-0.25, -0.2) is 4.98 Å². The Morgan fingerprint density at radius 1 is 1.40 bits per heavy atom. The molecule has 1 unspecified atom stereocenters. The number of benzene rings is 1. The van der Waals surface area contributed by atoms with Crippen LogP contribution in [-0.4, -0.2) is 17.4 Å². The molecule has 0 saturated carbocycles. The summed E-state index contributed by atoms with van der Waals surface area (Å²) in [5.41, 5.74) is 7.75. The molecule has 5 nitrogen and oxygen atoms in total. The molecule has 3 N–H and O–H groups in total. The highest BCUT2D eigenvalue weighted by Crippen LogP contribution is 2.23. The predicted octanol–water partition coefficient (Wildman–Crippen LogP) is 2.87. The van der Waals surface area contributed by atoms with E-state index in [0.717, 1.165) is 16.8 Å². The summed E-state index contributed by atoms with van der Waals surface area (Å²) in [5.74, 6) is 1.10. The van der Waals surface area contributed by atoms with E-state index < -0.39 is 0 Å². The summed E-state index contributed by atoms with van der Waals surface area (Å²) in [4.78, 5) is 16.2. The van der Waals surface area contributed by atoms with Crippen LogP contribution in [-0.2, 0) is 4.79 Å². The van der Waals surface area contributed by atoms with E-state index in [1.54, 1.807) is 0 Å². The molecule has 0 aliphatic heterocycles. The second kappa shape index (κ2) is 6.05. The van der Waals surface area contributed by atoms with E-state index in [0.29, 0.717) is 18.9 Å². The van der Waals surface area contributed by atoms with Gasteiger partial charge in [-0.15, -0.1) is 0 Å². The smallest absolute Gasteiger partial charge is 0.224 e. The first-order chi connectivity index (χ1) is 9.49. The molecule has 0 spiro atoms. The number of nitrogens with one attached hydrogen (secondary N) is 1. The summed E-state index contributed by atoms with van der Waals surface area (Å²) < 4.78 is 5.63. The largest absolute Gasteiger partial charge is 0.440 e. The van der Waals surface area contributed by atoms with Crippen LogP contribution >= 0.6 is 0 Å². The number of amides is 1. The molecule has 5 heteroatoms. The third-order valence-corrected chi connectivity index (χ3v) is 3.12. The molecule has 1 aromatic heterocycles. The zero-order valence-corrected chi connectivity index (χ0v) is 12.1. The summed E-state index contributed by atoms with van der Waals surface area (Å²) in [6.07, 6.45) is 0.421. The lowest BCUT2D eigenvalue weighted by Crippen LogP contribution is -2.20. The summed E-state index contributed by atoms with van der Waals surface area (Å²) in [7, 11) is 0. The van der Waals surface area contributed by atoms with Gasteiger partial charge in [0.1, 0.15) is 5.52 Å². The van der Waals surface area contributed by atoms with Gasteiger partial charge < -0.3 is 15.5 Å². The first kappa shape index (κ1) is 14.5. The number of carbonyl (C=O) groups excluding carboxylic acids is 1. The fourth-order valence-corrected chi connectivity index (χ4v) is 1.88. The Kier molecular flexibility index (Phi) is 4.39. The second-order valence-corrected chi connectivity index (χ2v) is 5.48.